The first-order valence-electron chi connectivity index (χ1n) is 5.50. The van der Waals surface area contributed by atoms with E-state index in [0.29, 0.717) is 0 Å². The lowest BCUT2D eigenvalue weighted by molar-refractivity contribution is -0.267. The molecule has 2 heterocycles. The molecule has 0 radical (unpaired) electrons. The van der Waals surface area contributed by atoms with Gasteiger partial charge in [-0.1, -0.05) is 0 Å². The first kappa shape index (κ1) is 11.5. The number of amides is 1. The van der Waals surface area contributed by atoms with Crippen LogP contribution in [0, 0.1) is 0 Å². The van der Waals surface area contributed by atoms with E-state index in [-0.39, 0.29) is 23.0 Å². The predicted octanol–water partition coefficient (Wildman–Crippen LogP) is 1.38. The molecule has 3 N–H and O–H groups in total. The van der Waals surface area contributed by atoms with Crippen LogP contribution in [0.5, 0.6) is 0 Å². The third-order valence-electron chi connectivity index (χ3n) is 3.34. The van der Waals surface area contributed by atoms with Gasteiger partial charge in [0.15, 0.2) is 11.4 Å². The summed E-state index contributed by atoms with van der Waals surface area (Å²) in [4.78, 5) is 11.3. The SMILES string of the molecule is O=C1CC(O)(C(F)(F)F)c2c(n[nH]c2C2CC2)N1. The summed E-state index contributed by atoms with van der Waals surface area (Å²) in [5, 5.41) is 18.3. The molecule has 0 aromatic carbocycles. The Bertz CT molecular complexity index is 521. The van der Waals surface area contributed by atoms with Gasteiger partial charge in [0.25, 0.3) is 0 Å². The number of nitrogens with one attached hydrogen (secondary N) is 2. The number of aromatic nitrogens is 2. The van der Waals surface area contributed by atoms with Gasteiger partial charge in [0.05, 0.1) is 12.0 Å². The van der Waals surface area contributed by atoms with Gasteiger partial charge in [0.1, 0.15) is 0 Å². The fourth-order valence-electron chi connectivity index (χ4n) is 2.27. The molecule has 3 rings (SSSR count). The summed E-state index contributed by atoms with van der Waals surface area (Å²) in [6.45, 7) is 0. The maximum atomic E-state index is 13.0. The Labute approximate surface area is 99.4 Å². The highest BCUT2D eigenvalue weighted by molar-refractivity contribution is 5.94. The van der Waals surface area contributed by atoms with Crippen LogP contribution in [-0.4, -0.2) is 27.4 Å². The third kappa shape index (κ3) is 1.45. The molecular formula is C10H10F3N3O2. The molecule has 1 fully saturated rings. The van der Waals surface area contributed by atoms with E-state index < -0.39 is 24.1 Å². The lowest BCUT2D eigenvalue weighted by Gasteiger charge is -2.33. The second kappa shape index (κ2) is 3.25. The zero-order chi connectivity index (χ0) is 13.1. The van der Waals surface area contributed by atoms with E-state index in [1.165, 1.54) is 0 Å². The smallest absolute Gasteiger partial charge is 0.376 e. The number of fused-ring (bicyclic) bond motifs is 1. The van der Waals surface area contributed by atoms with Crippen molar-refractivity contribution in [2.45, 2.75) is 37.0 Å². The van der Waals surface area contributed by atoms with E-state index in [4.69, 9.17) is 0 Å². The normalized spacial score (nSPS) is 27.9. The van der Waals surface area contributed by atoms with Gasteiger partial charge in [-0.25, -0.2) is 0 Å². The van der Waals surface area contributed by atoms with E-state index >= 15 is 0 Å². The molecule has 1 amide bonds. The minimum atomic E-state index is -4.91. The van der Waals surface area contributed by atoms with Crippen molar-refractivity contribution in [2.75, 3.05) is 5.32 Å². The van der Waals surface area contributed by atoms with Gasteiger partial charge in [0.2, 0.25) is 5.91 Å². The Kier molecular flexibility index (Phi) is 2.08. The minimum absolute atomic E-state index is 0.0369. The highest BCUT2D eigenvalue weighted by Crippen LogP contribution is 2.52. The average molecular weight is 261 g/mol. The van der Waals surface area contributed by atoms with Crippen LogP contribution in [0.2, 0.25) is 0 Å². The Morgan fingerprint density at radius 2 is 2.06 bits per heavy atom. The molecule has 1 aliphatic heterocycles. The van der Waals surface area contributed by atoms with Gasteiger partial charge in [-0.05, 0) is 12.8 Å². The third-order valence-corrected chi connectivity index (χ3v) is 3.34. The van der Waals surface area contributed by atoms with Gasteiger partial charge in [-0.2, -0.15) is 18.3 Å². The predicted molar refractivity (Wildman–Crippen MR) is 53.8 cm³/mol. The van der Waals surface area contributed by atoms with Crippen LogP contribution in [0.15, 0.2) is 0 Å². The van der Waals surface area contributed by atoms with Crippen molar-refractivity contribution in [3.8, 4) is 0 Å². The quantitative estimate of drug-likeness (QED) is 0.714. The average Bonchev–Trinajstić information content (AvgIpc) is 2.98. The monoisotopic (exact) mass is 261 g/mol. The van der Waals surface area contributed by atoms with E-state index in [1.807, 2.05) is 0 Å². The minimum Gasteiger partial charge on any atom is -0.376 e. The van der Waals surface area contributed by atoms with Crippen LogP contribution < -0.4 is 5.32 Å². The first-order valence-corrected chi connectivity index (χ1v) is 5.50. The molecule has 5 nitrogen and oxygen atoms in total. The van der Waals surface area contributed by atoms with Gasteiger partial charge < -0.3 is 10.4 Å². The zero-order valence-electron chi connectivity index (χ0n) is 9.14. The van der Waals surface area contributed by atoms with Gasteiger partial charge in [-0.3, -0.25) is 9.89 Å². The molecule has 98 valence electrons. The molecule has 0 bridgehead atoms. The van der Waals surface area contributed by atoms with Crippen molar-refractivity contribution >= 4 is 11.7 Å². The number of halogens is 3. The van der Waals surface area contributed by atoms with Crippen LogP contribution in [0.3, 0.4) is 0 Å². The summed E-state index contributed by atoms with van der Waals surface area (Å²) in [6.07, 6.45) is -4.41. The number of carbonyl (C=O) groups excluding carboxylic acids is 1. The molecular weight excluding hydrogens is 251 g/mol. The maximum Gasteiger partial charge on any atom is 0.422 e. The van der Waals surface area contributed by atoms with Crippen molar-refractivity contribution in [1.82, 2.24) is 10.2 Å². The lowest BCUT2D eigenvalue weighted by atomic mass is 9.85. The van der Waals surface area contributed by atoms with Gasteiger partial charge >= 0.3 is 6.18 Å². The number of hydrogen-bond acceptors (Lipinski definition) is 3. The number of aromatic amines is 1. The van der Waals surface area contributed by atoms with E-state index in [0.717, 1.165) is 12.8 Å². The molecule has 1 aromatic rings. The summed E-state index contributed by atoms with van der Waals surface area (Å²) in [6, 6.07) is 0. The summed E-state index contributed by atoms with van der Waals surface area (Å²) < 4.78 is 39.1. The molecule has 0 spiro atoms. The standard InChI is InChI=1S/C10H10F3N3O2/c11-10(12,13)9(18)3-5(17)14-8-6(9)7(15-16-8)4-1-2-4/h4,18H,1-3H2,(H2,14,15,16,17). The van der Waals surface area contributed by atoms with Crippen molar-refractivity contribution < 1.29 is 23.1 Å². The number of hydrogen-bond donors (Lipinski definition) is 3. The van der Waals surface area contributed by atoms with Crippen molar-refractivity contribution in [2.24, 2.45) is 0 Å². The fourth-order valence-corrected chi connectivity index (χ4v) is 2.27. The highest BCUT2D eigenvalue weighted by Gasteiger charge is 2.61. The highest BCUT2D eigenvalue weighted by atomic mass is 19.4. The second-order valence-corrected chi connectivity index (χ2v) is 4.72. The van der Waals surface area contributed by atoms with Crippen molar-refractivity contribution in [1.29, 1.82) is 0 Å². The summed E-state index contributed by atoms with van der Waals surface area (Å²) >= 11 is 0. The molecule has 1 atom stereocenters. The Balaban J connectivity index is 2.18. The molecule has 1 saturated carbocycles. The molecule has 1 aromatic heterocycles. The summed E-state index contributed by atoms with van der Waals surface area (Å²) in [7, 11) is 0. The van der Waals surface area contributed by atoms with E-state index in [9.17, 15) is 23.1 Å². The van der Waals surface area contributed by atoms with Crippen LogP contribution in [0.4, 0.5) is 19.0 Å². The second-order valence-electron chi connectivity index (χ2n) is 4.72. The fraction of sp³-hybridized carbons (Fsp3) is 0.600. The largest absolute Gasteiger partial charge is 0.422 e. The van der Waals surface area contributed by atoms with Crippen molar-refractivity contribution in [3.63, 3.8) is 0 Å². The number of nitrogens with zero attached hydrogens (tertiary/aromatic N) is 1. The lowest BCUT2D eigenvalue weighted by Crippen LogP contribution is -2.48. The topological polar surface area (TPSA) is 78.0 Å². The molecule has 1 aliphatic carbocycles. The van der Waals surface area contributed by atoms with E-state index in [2.05, 4.69) is 15.5 Å². The van der Waals surface area contributed by atoms with E-state index in [1.54, 1.807) is 0 Å². The Hall–Kier alpha value is -1.57. The molecule has 18 heavy (non-hydrogen) atoms. The number of alkyl halides is 3. The van der Waals surface area contributed by atoms with Crippen LogP contribution >= 0.6 is 0 Å². The maximum absolute atomic E-state index is 13.0. The Morgan fingerprint density at radius 3 is 2.61 bits per heavy atom. The Morgan fingerprint density at radius 1 is 1.39 bits per heavy atom. The number of H-pyrrole nitrogens is 1. The number of rotatable bonds is 1. The molecule has 1 unspecified atom stereocenters. The number of anilines is 1. The van der Waals surface area contributed by atoms with Crippen LogP contribution in [0.1, 0.15) is 36.4 Å². The van der Waals surface area contributed by atoms with Crippen LogP contribution in [-0.2, 0) is 10.4 Å². The summed E-state index contributed by atoms with van der Waals surface area (Å²) in [5.41, 5.74) is -3.18. The first-order chi connectivity index (χ1) is 8.33. The molecule has 2 aliphatic rings. The van der Waals surface area contributed by atoms with Crippen molar-refractivity contribution in [3.05, 3.63) is 11.3 Å². The van der Waals surface area contributed by atoms with Gasteiger partial charge in [-0.15, -0.1) is 0 Å². The van der Waals surface area contributed by atoms with Crippen LogP contribution in [0.25, 0.3) is 0 Å². The number of carbonyl (C=O) groups is 1. The summed E-state index contributed by atoms with van der Waals surface area (Å²) in [5.74, 6) is -1.14. The number of aliphatic hydroxyl groups is 1. The molecule has 8 heteroatoms. The zero-order valence-corrected chi connectivity index (χ0v) is 9.14. The molecule has 0 saturated heterocycles. The van der Waals surface area contributed by atoms with Gasteiger partial charge in [0, 0.05) is 11.6 Å².